The van der Waals surface area contributed by atoms with Crippen molar-refractivity contribution >= 4 is 53.8 Å². The van der Waals surface area contributed by atoms with E-state index in [9.17, 15) is 19.2 Å². The smallest absolute Gasteiger partial charge is 0.243 e. The Hall–Kier alpha value is -0.880. The van der Waals surface area contributed by atoms with Crippen molar-refractivity contribution in [2.24, 2.45) is 0 Å². The Morgan fingerprint density at radius 3 is 0.875 bits per heavy atom. The Balaban J connectivity index is 3.51. The summed E-state index contributed by atoms with van der Waals surface area (Å²) in [5.74, 6) is -3.19. The zero-order chi connectivity index (χ0) is 12.6. The van der Waals surface area contributed by atoms with Gasteiger partial charge in [0.15, 0.2) is 0 Å². The predicted octanol–water partition coefficient (Wildman–Crippen LogP) is -0.322. The molecule has 16 heavy (non-hydrogen) atoms. The average Bonchev–Trinajstić information content (AvgIpc) is 2.14. The van der Waals surface area contributed by atoms with Crippen LogP contribution in [-0.4, -0.2) is 57.9 Å². The average molecular weight is 260 g/mol. The van der Waals surface area contributed by atoms with E-state index < -0.39 is 44.1 Å². The first-order valence-electron chi connectivity index (χ1n) is 4.36. The fraction of sp³-hybridized carbons (Fsp3) is 0.400. The van der Waals surface area contributed by atoms with Gasteiger partial charge in [0.25, 0.3) is 0 Å². The van der Waals surface area contributed by atoms with Crippen molar-refractivity contribution in [2.45, 2.75) is 0 Å². The van der Waals surface area contributed by atoms with E-state index >= 15 is 0 Å². The van der Waals surface area contributed by atoms with Crippen LogP contribution >= 0.6 is 21.0 Å². The van der Waals surface area contributed by atoms with Crippen LogP contribution in [0.15, 0.2) is 0 Å². The fourth-order valence-electron chi connectivity index (χ4n) is 1.36. The summed E-state index contributed by atoms with van der Waals surface area (Å²) in [5.41, 5.74) is 0. The normalized spacial score (nSPS) is 18.1. The van der Waals surface area contributed by atoms with E-state index in [1.807, 2.05) is 0 Å². The highest BCUT2D eigenvalue weighted by Gasteiger charge is 2.42. The third-order valence-corrected chi connectivity index (χ3v) is 4.43. The van der Waals surface area contributed by atoms with Crippen molar-refractivity contribution in [3.05, 3.63) is 0 Å². The zero-order valence-corrected chi connectivity index (χ0v) is 11.1. The van der Waals surface area contributed by atoms with E-state index in [4.69, 9.17) is 0 Å². The lowest BCUT2D eigenvalue weighted by atomic mass is 9.95. The van der Waals surface area contributed by atoms with Crippen LogP contribution in [0.25, 0.3) is 0 Å². The standard InChI is InChI=1S/C10H12O4S2/c1-15(2)9-5(11)7(13)10(16(3)4)8(14)6(9)12/h1-4H3. The van der Waals surface area contributed by atoms with Crippen molar-refractivity contribution in [1.82, 2.24) is 0 Å². The number of carbonyl (C=O) groups is 4. The maximum absolute atomic E-state index is 11.7. The summed E-state index contributed by atoms with van der Waals surface area (Å²) in [5, 5.41) is 0. The Labute approximate surface area is 98.3 Å². The molecule has 1 saturated carbocycles. The Morgan fingerprint density at radius 1 is 0.562 bits per heavy atom. The lowest BCUT2D eigenvalue weighted by molar-refractivity contribution is -0.134. The van der Waals surface area contributed by atoms with E-state index in [-0.39, 0.29) is 9.73 Å². The number of ketones is 4. The van der Waals surface area contributed by atoms with Crippen LogP contribution in [0.1, 0.15) is 0 Å². The SMILES string of the molecule is CS(C)=C1C(=O)C(=O)C(=S(C)C)C(=O)C1=O. The quantitative estimate of drug-likeness (QED) is 0.442. The van der Waals surface area contributed by atoms with Gasteiger partial charge in [-0.05, 0) is 25.0 Å². The van der Waals surface area contributed by atoms with Crippen LogP contribution in [0.2, 0.25) is 0 Å². The van der Waals surface area contributed by atoms with Crippen molar-refractivity contribution in [2.75, 3.05) is 25.0 Å². The highest BCUT2D eigenvalue weighted by Crippen LogP contribution is 2.16. The minimum absolute atomic E-state index is 0.149. The lowest BCUT2D eigenvalue weighted by Crippen LogP contribution is -2.49. The summed E-state index contributed by atoms with van der Waals surface area (Å²) in [6, 6.07) is 0. The third kappa shape index (κ3) is 1.99. The molecule has 1 rings (SSSR count). The number of carbonyl (C=O) groups excluding carboxylic acids is 4. The van der Waals surface area contributed by atoms with Gasteiger partial charge in [-0.15, -0.1) is 0 Å². The molecule has 88 valence electrons. The number of rotatable bonds is 0. The molecule has 0 amide bonds. The molecule has 0 N–H and O–H groups in total. The molecule has 0 bridgehead atoms. The van der Waals surface area contributed by atoms with Gasteiger partial charge in [0.2, 0.25) is 23.1 Å². The predicted molar refractivity (Wildman–Crippen MR) is 68.9 cm³/mol. The van der Waals surface area contributed by atoms with E-state index in [1.165, 1.54) is 0 Å². The van der Waals surface area contributed by atoms with Gasteiger partial charge in [-0.2, -0.15) is 21.0 Å². The van der Waals surface area contributed by atoms with Crippen LogP contribution in [0.3, 0.4) is 0 Å². The molecule has 0 atom stereocenters. The molecule has 6 heteroatoms. The van der Waals surface area contributed by atoms with Gasteiger partial charge >= 0.3 is 0 Å². The largest absolute Gasteiger partial charge is 0.284 e. The molecule has 0 aromatic heterocycles. The molecule has 0 aliphatic heterocycles. The minimum Gasteiger partial charge on any atom is -0.284 e. The molecule has 0 unspecified atom stereocenters. The summed E-state index contributed by atoms with van der Waals surface area (Å²) in [4.78, 5) is 46.4. The molecule has 0 spiro atoms. The minimum atomic E-state index is -0.797. The lowest BCUT2D eigenvalue weighted by Gasteiger charge is -2.15. The molecular weight excluding hydrogens is 248 g/mol. The second kappa shape index (κ2) is 4.55. The molecule has 0 saturated heterocycles. The number of hydrogen-bond acceptors (Lipinski definition) is 4. The van der Waals surface area contributed by atoms with E-state index in [0.717, 1.165) is 0 Å². The zero-order valence-electron chi connectivity index (χ0n) is 9.45. The van der Waals surface area contributed by atoms with Gasteiger partial charge in [-0.1, -0.05) is 0 Å². The summed E-state index contributed by atoms with van der Waals surface area (Å²) in [7, 11) is -1.33. The maximum atomic E-state index is 11.7. The second-order valence-electron chi connectivity index (χ2n) is 3.61. The van der Waals surface area contributed by atoms with Crippen molar-refractivity contribution in [3.8, 4) is 0 Å². The van der Waals surface area contributed by atoms with Crippen LogP contribution in [-0.2, 0) is 19.2 Å². The first-order chi connectivity index (χ1) is 7.29. The Morgan fingerprint density at radius 2 is 0.750 bits per heavy atom. The first-order valence-corrected chi connectivity index (χ1v) is 8.44. The van der Waals surface area contributed by atoms with E-state index in [0.29, 0.717) is 0 Å². The molecule has 1 aliphatic carbocycles. The van der Waals surface area contributed by atoms with E-state index in [1.54, 1.807) is 25.0 Å². The van der Waals surface area contributed by atoms with E-state index in [2.05, 4.69) is 0 Å². The van der Waals surface area contributed by atoms with Crippen molar-refractivity contribution in [3.63, 3.8) is 0 Å². The summed E-state index contributed by atoms with van der Waals surface area (Å²) >= 11 is 0. The number of Topliss-reactive ketones (excluding diaryl/α,β-unsaturated/α-hetero) is 4. The molecule has 1 aliphatic rings. The summed E-state index contributed by atoms with van der Waals surface area (Å²) in [6.45, 7) is 0. The fourth-order valence-corrected chi connectivity index (χ4v) is 3.21. The van der Waals surface area contributed by atoms with Gasteiger partial charge in [-0.25, -0.2) is 0 Å². The monoisotopic (exact) mass is 260 g/mol. The molecule has 0 radical (unpaired) electrons. The van der Waals surface area contributed by atoms with Gasteiger partial charge in [0.1, 0.15) is 9.73 Å². The van der Waals surface area contributed by atoms with Crippen LogP contribution in [0.4, 0.5) is 0 Å². The highest BCUT2D eigenvalue weighted by atomic mass is 32.2. The molecule has 1 fully saturated rings. The van der Waals surface area contributed by atoms with Crippen LogP contribution in [0.5, 0.6) is 0 Å². The topological polar surface area (TPSA) is 68.3 Å². The Kier molecular flexibility index (Phi) is 3.75. The van der Waals surface area contributed by atoms with Crippen molar-refractivity contribution in [1.29, 1.82) is 0 Å². The Bertz CT molecular complexity index is 411. The summed E-state index contributed by atoms with van der Waals surface area (Å²) < 4.78 is 0. The van der Waals surface area contributed by atoms with Gasteiger partial charge in [-0.3, -0.25) is 19.2 Å². The highest BCUT2D eigenvalue weighted by molar-refractivity contribution is 8.19. The van der Waals surface area contributed by atoms with Crippen LogP contribution < -0.4 is 0 Å². The second-order valence-corrected chi connectivity index (χ2v) is 7.69. The molecular formula is C10H12O4S2. The third-order valence-electron chi connectivity index (χ3n) is 2.05. The van der Waals surface area contributed by atoms with Crippen LogP contribution in [0, 0.1) is 0 Å². The van der Waals surface area contributed by atoms with Gasteiger partial charge in [0, 0.05) is 0 Å². The van der Waals surface area contributed by atoms with Crippen molar-refractivity contribution < 1.29 is 19.2 Å². The summed E-state index contributed by atoms with van der Waals surface area (Å²) in [6.07, 6.45) is 6.59. The molecule has 4 nitrogen and oxygen atoms in total. The maximum Gasteiger partial charge on any atom is 0.243 e. The molecule has 0 aromatic carbocycles. The van der Waals surface area contributed by atoms with Gasteiger partial charge in [0.05, 0.1) is 0 Å². The molecule has 0 heterocycles. The molecule has 0 aromatic rings. The number of hydrogen-bond donors (Lipinski definition) is 0. The van der Waals surface area contributed by atoms with Gasteiger partial charge < -0.3 is 0 Å². The first kappa shape index (κ1) is 13.2.